The zero-order valence-corrected chi connectivity index (χ0v) is 12.7. The lowest BCUT2D eigenvalue weighted by atomic mass is 10.0. The number of halogens is 1. The van der Waals surface area contributed by atoms with Crippen LogP contribution in [0.4, 0.5) is 0 Å². The Bertz CT molecular complexity index is 540. The fraction of sp³-hybridized carbons (Fsp3) is 0.375. The molecule has 1 heterocycles. The SMILES string of the molecule is CCCNC(Cc1ccc(Cl)cc1)c1ccnc(C)n1. The van der Waals surface area contributed by atoms with Gasteiger partial charge in [-0.05, 0) is 50.1 Å². The maximum Gasteiger partial charge on any atom is 0.125 e. The molecule has 2 rings (SSSR count). The minimum atomic E-state index is 0.206. The number of rotatable bonds is 6. The van der Waals surface area contributed by atoms with Gasteiger partial charge in [-0.1, -0.05) is 30.7 Å². The van der Waals surface area contributed by atoms with Crippen LogP contribution in [0.3, 0.4) is 0 Å². The third-order valence-electron chi connectivity index (χ3n) is 3.15. The average molecular weight is 290 g/mol. The van der Waals surface area contributed by atoms with Crippen molar-refractivity contribution in [3.05, 3.63) is 58.6 Å². The van der Waals surface area contributed by atoms with Gasteiger partial charge >= 0.3 is 0 Å². The van der Waals surface area contributed by atoms with Crippen molar-refractivity contribution in [2.75, 3.05) is 6.54 Å². The highest BCUT2D eigenvalue weighted by molar-refractivity contribution is 6.30. The van der Waals surface area contributed by atoms with Gasteiger partial charge in [0, 0.05) is 11.2 Å². The average Bonchev–Trinajstić information content (AvgIpc) is 2.45. The van der Waals surface area contributed by atoms with Crippen molar-refractivity contribution in [3.8, 4) is 0 Å². The van der Waals surface area contributed by atoms with Crippen LogP contribution >= 0.6 is 11.6 Å². The van der Waals surface area contributed by atoms with Gasteiger partial charge in [-0.2, -0.15) is 0 Å². The van der Waals surface area contributed by atoms with Crippen LogP contribution in [0.15, 0.2) is 36.5 Å². The Balaban J connectivity index is 2.16. The Kier molecular flexibility index (Phi) is 5.50. The van der Waals surface area contributed by atoms with Gasteiger partial charge in [-0.25, -0.2) is 9.97 Å². The molecule has 106 valence electrons. The van der Waals surface area contributed by atoms with Crippen LogP contribution in [0.1, 0.15) is 36.5 Å². The van der Waals surface area contributed by atoms with Gasteiger partial charge in [-0.15, -0.1) is 0 Å². The Morgan fingerprint density at radius 1 is 1.20 bits per heavy atom. The normalized spacial score (nSPS) is 12.3. The molecule has 0 aliphatic carbocycles. The summed E-state index contributed by atoms with van der Waals surface area (Å²) >= 11 is 5.93. The summed E-state index contributed by atoms with van der Waals surface area (Å²) in [5, 5.41) is 4.32. The van der Waals surface area contributed by atoms with Crippen LogP contribution in [-0.4, -0.2) is 16.5 Å². The second kappa shape index (κ2) is 7.36. The van der Waals surface area contributed by atoms with Gasteiger partial charge in [-0.3, -0.25) is 0 Å². The van der Waals surface area contributed by atoms with Gasteiger partial charge < -0.3 is 5.32 Å². The smallest absolute Gasteiger partial charge is 0.125 e. The molecule has 0 aliphatic rings. The molecule has 20 heavy (non-hydrogen) atoms. The van der Waals surface area contributed by atoms with Gasteiger partial charge in [0.05, 0.1) is 11.7 Å². The monoisotopic (exact) mass is 289 g/mol. The zero-order valence-electron chi connectivity index (χ0n) is 11.9. The van der Waals surface area contributed by atoms with Crippen molar-refractivity contribution < 1.29 is 0 Å². The third-order valence-corrected chi connectivity index (χ3v) is 3.40. The van der Waals surface area contributed by atoms with Crippen LogP contribution in [0.25, 0.3) is 0 Å². The maximum absolute atomic E-state index is 5.93. The first-order valence-electron chi connectivity index (χ1n) is 6.96. The second-order valence-electron chi connectivity index (χ2n) is 4.87. The molecule has 0 fully saturated rings. The standard InChI is InChI=1S/C16H20ClN3/c1-3-9-19-16(15-8-10-18-12(2)20-15)11-13-4-6-14(17)7-5-13/h4-8,10,16,19H,3,9,11H2,1-2H3. The number of hydrogen-bond donors (Lipinski definition) is 1. The number of nitrogens with one attached hydrogen (secondary N) is 1. The first-order valence-corrected chi connectivity index (χ1v) is 7.34. The summed E-state index contributed by atoms with van der Waals surface area (Å²) in [7, 11) is 0. The van der Waals surface area contributed by atoms with Crippen LogP contribution in [0.2, 0.25) is 5.02 Å². The van der Waals surface area contributed by atoms with Gasteiger partial charge in [0.15, 0.2) is 0 Å². The van der Waals surface area contributed by atoms with Crippen LogP contribution in [0, 0.1) is 6.92 Å². The summed E-state index contributed by atoms with van der Waals surface area (Å²) in [4.78, 5) is 8.71. The maximum atomic E-state index is 5.93. The first-order chi connectivity index (χ1) is 9.69. The lowest BCUT2D eigenvalue weighted by molar-refractivity contribution is 0.515. The molecule has 1 N–H and O–H groups in total. The number of hydrogen-bond acceptors (Lipinski definition) is 3. The molecule has 3 nitrogen and oxygen atoms in total. The van der Waals surface area contributed by atoms with Gasteiger partial charge in [0.25, 0.3) is 0 Å². The van der Waals surface area contributed by atoms with Crippen molar-refractivity contribution in [1.82, 2.24) is 15.3 Å². The molecule has 1 aromatic carbocycles. The van der Waals surface area contributed by atoms with Gasteiger partial charge in [0.1, 0.15) is 5.82 Å². The van der Waals surface area contributed by atoms with Crippen LogP contribution < -0.4 is 5.32 Å². The summed E-state index contributed by atoms with van der Waals surface area (Å²) in [6.45, 7) is 5.06. The Hall–Kier alpha value is -1.45. The molecule has 0 amide bonds. The van der Waals surface area contributed by atoms with Crippen molar-refractivity contribution in [2.45, 2.75) is 32.7 Å². The van der Waals surface area contributed by atoms with Crippen molar-refractivity contribution >= 4 is 11.6 Å². The molecule has 0 saturated carbocycles. The van der Waals surface area contributed by atoms with E-state index in [1.165, 1.54) is 5.56 Å². The van der Waals surface area contributed by atoms with Gasteiger partial charge in [0.2, 0.25) is 0 Å². The summed E-state index contributed by atoms with van der Waals surface area (Å²) in [6.07, 6.45) is 3.81. The molecular formula is C16H20ClN3. The molecular weight excluding hydrogens is 270 g/mol. The van der Waals surface area contributed by atoms with Crippen molar-refractivity contribution in [2.24, 2.45) is 0 Å². The van der Waals surface area contributed by atoms with Crippen molar-refractivity contribution in [1.29, 1.82) is 0 Å². The Labute approximate surface area is 125 Å². The topological polar surface area (TPSA) is 37.8 Å². The fourth-order valence-electron chi connectivity index (χ4n) is 2.12. The van der Waals surface area contributed by atoms with Crippen LogP contribution in [-0.2, 0) is 6.42 Å². The van der Waals surface area contributed by atoms with E-state index < -0.39 is 0 Å². The van der Waals surface area contributed by atoms with E-state index >= 15 is 0 Å². The van der Waals surface area contributed by atoms with E-state index in [0.29, 0.717) is 0 Å². The number of aryl methyl sites for hydroxylation is 1. The highest BCUT2D eigenvalue weighted by atomic mass is 35.5. The molecule has 1 atom stereocenters. The number of aromatic nitrogens is 2. The molecule has 0 aliphatic heterocycles. The molecule has 0 radical (unpaired) electrons. The summed E-state index contributed by atoms with van der Waals surface area (Å²) < 4.78 is 0. The predicted molar refractivity (Wildman–Crippen MR) is 83.0 cm³/mol. The van der Waals surface area contributed by atoms with E-state index in [-0.39, 0.29) is 6.04 Å². The summed E-state index contributed by atoms with van der Waals surface area (Å²) in [6, 6.07) is 10.2. The van der Waals surface area contributed by atoms with Crippen molar-refractivity contribution in [3.63, 3.8) is 0 Å². The lowest BCUT2D eigenvalue weighted by Crippen LogP contribution is -2.25. The molecule has 4 heteroatoms. The summed E-state index contributed by atoms with van der Waals surface area (Å²) in [5.74, 6) is 0.807. The quantitative estimate of drug-likeness (QED) is 0.881. The van der Waals surface area contributed by atoms with E-state index in [2.05, 4.69) is 34.3 Å². The molecule has 1 aromatic heterocycles. The van der Waals surface area contributed by atoms with E-state index in [0.717, 1.165) is 35.9 Å². The Morgan fingerprint density at radius 3 is 2.60 bits per heavy atom. The molecule has 1 unspecified atom stereocenters. The van der Waals surface area contributed by atoms with E-state index in [1.807, 2.05) is 31.3 Å². The number of nitrogens with zero attached hydrogens (tertiary/aromatic N) is 2. The van der Waals surface area contributed by atoms with Crippen LogP contribution in [0.5, 0.6) is 0 Å². The third kappa shape index (κ3) is 4.29. The minimum absolute atomic E-state index is 0.206. The van der Waals surface area contributed by atoms with E-state index in [4.69, 9.17) is 11.6 Å². The largest absolute Gasteiger partial charge is 0.308 e. The molecule has 0 bridgehead atoms. The van der Waals surface area contributed by atoms with E-state index in [9.17, 15) is 0 Å². The Morgan fingerprint density at radius 2 is 1.95 bits per heavy atom. The number of benzene rings is 1. The molecule has 0 spiro atoms. The summed E-state index contributed by atoms with van der Waals surface area (Å²) in [5.41, 5.74) is 2.29. The molecule has 2 aromatic rings. The second-order valence-corrected chi connectivity index (χ2v) is 5.30. The molecule has 0 saturated heterocycles. The highest BCUT2D eigenvalue weighted by Crippen LogP contribution is 2.18. The highest BCUT2D eigenvalue weighted by Gasteiger charge is 2.13. The lowest BCUT2D eigenvalue weighted by Gasteiger charge is -2.18. The minimum Gasteiger partial charge on any atom is -0.308 e. The van der Waals surface area contributed by atoms with E-state index in [1.54, 1.807) is 0 Å². The first kappa shape index (κ1) is 14.9. The predicted octanol–water partition coefficient (Wildman–Crippen LogP) is 3.72. The zero-order chi connectivity index (χ0) is 14.4. The fourth-order valence-corrected chi connectivity index (χ4v) is 2.25.